The minimum absolute atomic E-state index is 0.0669. The monoisotopic (exact) mass is 420 g/mol. The lowest BCUT2D eigenvalue weighted by Crippen LogP contribution is -2.50. The second-order valence-electron chi connectivity index (χ2n) is 7.51. The van der Waals surface area contributed by atoms with Crippen LogP contribution in [0.2, 0.25) is 0 Å². The second kappa shape index (κ2) is 6.87. The average molecular weight is 420 g/mol. The maximum atomic E-state index is 13.7. The summed E-state index contributed by atoms with van der Waals surface area (Å²) < 4.78 is 95.1. The van der Waals surface area contributed by atoms with Crippen molar-refractivity contribution in [1.29, 1.82) is 0 Å². The molecule has 4 saturated carbocycles. The first-order valence-electron chi connectivity index (χ1n) is 8.50. The van der Waals surface area contributed by atoms with Gasteiger partial charge >= 0.3 is 5.25 Å². The summed E-state index contributed by atoms with van der Waals surface area (Å²) in [4.78, 5) is 0. The minimum Gasteiger partial charge on any atom is -0.406 e. The fourth-order valence-electron chi connectivity index (χ4n) is 4.80. The molecule has 0 aromatic rings. The number of alkyl halides is 3. The van der Waals surface area contributed by atoms with E-state index >= 15 is 0 Å². The van der Waals surface area contributed by atoms with E-state index in [-0.39, 0.29) is 11.8 Å². The molecule has 7 nitrogen and oxygen atoms in total. The Labute approximate surface area is 150 Å². The van der Waals surface area contributed by atoms with Gasteiger partial charge in [0.25, 0.3) is 0 Å². The molecule has 0 aromatic carbocycles. The molecular weight excluding hydrogens is 399 g/mol. The van der Waals surface area contributed by atoms with Crippen molar-refractivity contribution in [1.82, 2.24) is 0 Å². The van der Waals surface area contributed by atoms with E-state index in [1.165, 1.54) is 0 Å². The van der Waals surface area contributed by atoms with Gasteiger partial charge in [0.15, 0.2) is 16.2 Å². The zero-order valence-electron chi connectivity index (χ0n) is 13.8. The third-order valence-corrected chi connectivity index (χ3v) is 8.58. The van der Waals surface area contributed by atoms with Gasteiger partial charge in [0, 0.05) is 13.0 Å². The summed E-state index contributed by atoms with van der Waals surface area (Å²) in [5.74, 6) is 0.858. The van der Waals surface area contributed by atoms with E-state index in [0.717, 1.165) is 32.1 Å². The van der Waals surface area contributed by atoms with Gasteiger partial charge in [0.1, 0.15) is 0 Å². The summed E-state index contributed by atoms with van der Waals surface area (Å²) in [6, 6.07) is 0. The van der Waals surface area contributed by atoms with Crippen molar-refractivity contribution < 1.29 is 39.3 Å². The molecule has 12 heteroatoms. The first-order chi connectivity index (χ1) is 11.9. The largest absolute Gasteiger partial charge is 0.406 e. The van der Waals surface area contributed by atoms with Crippen LogP contribution in [-0.2, 0) is 24.5 Å². The SMILES string of the molecule is O=S(=O)([N-]S(=O)(=O)C(F)(F)C(F)CCO)OC1C2CC3CC(C2)CC1C3. The normalized spacial score (nSPS) is 35.6. The maximum absolute atomic E-state index is 13.7. The van der Waals surface area contributed by atoms with Crippen LogP contribution < -0.4 is 0 Å². The minimum atomic E-state index is -6.02. The predicted molar refractivity (Wildman–Crippen MR) is 84.7 cm³/mol. The van der Waals surface area contributed by atoms with E-state index in [1.807, 2.05) is 0 Å². The van der Waals surface area contributed by atoms with Crippen molar-refractivity contribution in [2.24, 2.45) is 23.7 Å². The summed E-state index contributed by atoms with van der Waals surface area (Å²) in [5, 5.41) is 3.42. The molecule has 4 bridgehead atoms. The Hall–Kier alpha value is -0.430. The number of aliphatic hydroxyl groups excluding tert-OH is 1. The van der Waals surface area contributed by atoms with Crippen LogP contribution in [0.25, 0.3) is 4.13 Å². The number of hydrogen-bond acceptors (Lipinski definition) is 6. The highest BCUT2D eigenvalue weighted by Gasteiger charge is 2.51. The van der Waals surface area contributed by atoms with E-state index in [0.29, 0.717) is 11.8 Å². The lowest BCUT2D eigenvalue weighted by Gasteiger charge is -2.53. The first kappa shape index (κ1) is 20.3. The molecule has 152 valence electrons. The summed E-state index contributed by atoms with van der Waals surface area (Å²) in [5.41, 5.74) is 0. The lowest BCUT2D eigenvalue weighted by atomic mass is 9.55. The fourth-order valence-corrected chi connectivity index (χ4v) is 7.34. The molecule has 0 spiro atoms. The molecule has 4 aliphatic carbocycles. The molecule has 4 fully saturated rings. The molecule has 0 aromatic heterocycles. The first-order valence-corrected chi connectivity index (χ1v) is 11.3. The van der Waals surface area contributed by atoms with Crippen LogP contribution in [0.4, 0.5) is 13.2 Å². The molecule has 1 atom stereocenters. The third kappa shape index (κ3) is 3.75. The predicted octanol–water partition coefficient (Wildman–Crippen LogP) is 2.09. The number of aliphatic hydroxyl groups is 1. The quantitative estimate of drug-likeness (QED) is 0.644. The van der Waals surface area contributed by atoms with Gasteiger partial charge in [-0.2, -0.15) is 8.78 Å². The van der Waals surface area contributed by atoms with E-state index in [1.54, 1.807) is 0 Å². The Balaban J connectivity index is 1.71. The van der Waals surface area contributed by atoms with E-state index in [9.17, 15) is 30.0 Å². The summed E-state index contributed by atoms with van der Waals surface area (Å²) in [7, 11) is -11.2. The molecule has 0 heterocycles. The second-order valence-corrected chi connectivity index (χ2v) is 10.6. The number of sulfonamides is 1. The Bertz CT molecular complexity index is 714. The van der Waals surface area contributed by atoms with Gasteiger partial charge in [-0.3, -0.25) is 4.18 Å². The van der Waals surface area contributed by atoms with E-state index < -0.39 is 50.9 Å². The molecule has 4 rings (SSSR count). The standard InChI is InChI=1S/C14H21F3NO6S2/c15-12(1-2-19)14(16,17)25(20,21)18-26(22,23)24-13-10-4-8-3-9(6-10)7-11(13)5-8/h8-13,19H,1-7H2/q-1. The molecule has 26 heavy (non-hydrogen) atoms. The highest BCUT2D eigenvalue weighted by atomic mass is 32.3. The van der Waals surface area contributed by atoms with Crippen molar-refractivity contribution >= 4 is 20.3 Å². The van der Waals surface area contributed by atoms with Gasteiger partial charge < -0.3 is 9.23 Å². The molecular formula is C14H21F3NO6S2-. The summed E-state index contributed by atoms with van der Waals surface area (Å²) in [6.07, 6.45) is -1.08. The average Bonchev–Trinajstić information content (AvgIpc) is 2.49. The molecule has 0 amide bonds. The van der Waals surface area contributed by atoms with E-state index in [4.69, 9.17) is 9.29 Å². The topological polar surface area (TPSA) is 112 Å². The third-order valence-electron chi connectivity index (χ3n) is 5.65. The number of halogens is 3. The van der Waals surface area contributed by atoms with Gasteiger partial charge in [-0.05, 0) is 55.8 Å². The van der Waals surface area contributed by atoms with Crippen LogP contribution in [-0.4, -0.2) is 46.1 Å². The zero-order valence-corrected chi connectivity index (χ0v) is 15.4. The van der Waals surface area contributed by atoms with Crippen molar-refractivity contribution in [3.63, 3.8) is 0 Å². The smallest absolute Gasteiger partial charge is 0.360 e. The highest BCUT2D eigenvalue weighted by molar-refractivity contribution is 8.10. The number of hydrogen-bond donors (Lipinski definition) is 1. The molecule has 1 N–H and O–H groups in total. The van der Waals surface area contributed by atoms with Crippen LogP contribution >= 0.6 is 0 Å². The van der Waals surface area contributed by atoms with Gasteiger partial charge in [-0.1, -0.05) is 0 Å². The fraction of sp³-hybridized carbons (Fsp3) is 1.00. The van der Waals surface area contributed by atoms with E-state index in [2.05, 4.69) is 4.13 Å². The molecule has 4 aliphatic rings. The van der Waals surface area contributed by atoms with Crippen LogP contribution in [0.1, 0.15) is 38.5 Å². The Kier molecular flexibility index (Phi) is 5.37. The Morgan fingerprint density at radius 3 is 2.00 bits per heavy atom. The van der Waals surface area contributed by atoms with Crippen LogP contribution in [0.5, 0.6) is 0 Å². The van der Waals surface area contributed by atoms with Gasteiger partial charge in [-0.15, -0.1) is 0 Å². The van der Waals surface area contributed by atoms with Crippen LogP contribution in [0.3, 0.4) is 0 Å². The van der Waals surface area contributed by atoms with Gasteiger partial charge in [0.05, 0.1) is 6.10 Å². The van der Waals surface area contributed by atoms with Crippen LogP contribution in [0, 0.1) is 23.7 Å². The number of nitrogens with zero attached hydrogens (tertiary/aromatic N) is 1. The summed E-state index contributed by atoms with van der Waals surface area (Å²) in [6.45, 7) is -1.02. The van der Waals surface area contributed by atoms with Crippen molar-refractivity contribution in [3.8, 4) is 0 Å². The Morgan fingerprint density at radius 2 is 1.54 bits per heavy atom. The summed E-state index contributed by atoms with van der Waals surface area (Å²) >= 11 is 0. The maximum Gasteiger partial charge on any atom is 0.360 e. The molecule has 0 radical (unpaired) electrons. The highest BCUT2D eigenvalue weighted by Crippen LogP contribution is 2.55. The van der Waals surface area contributed by atoms with Gasteiger partial charge in [-0.25, -0.2) is 21.2 Å². The lowest BCUT2D eigenvalue weighted by molar-refractivity contribution is -0.0759. The number of rotatable bonds is 8. The van der Waals surface area contributed by atoms with Crippen molar-refractivity contribution in [3.05, 3.63) is 4.13 Å². The zero-order chi connectivity index (χ0) is 19.3. The molecule has 0 saturated heterocycles. The Morgan fingerprint density at radius 1 is 1.04 bits per heavy atom. The molecule has 0 aliphatic heterocycles. The van der Waals surface area contributed by atoms with Crippen LogP contribution in [0.15, 0.2) is 0 Å². The van der Waals surface area contributed by atoms with Crippen molar-refractivity contribution in [2.45, 2.75) is 56.1 Å². The molecule has 1 unspecified atom stereocenters. The van der Waals surface area contributed by atoms with Crippen molar-refractivity contribution in [2.75, 3.05) is 6.61 Å². The van der Waals surface area contributed by atoms with Gasteiger partial charge in [0.2, 0.25) is 10.3 Å².